The summed E-state index contributed by atoms with van der Waals surface area (Å²) < 4.78 is 0. The highest BCUT2D eigenvalue weighted by atomic mass is 32.2. The van der Waals surface area contributed by atoms with E-state index in [0.29, 0.717) is 18.2 Å². The number of aliphatic carboxylic acids is 1. The molecule has 0 bridgehead atoms. The molecule has 1 heterocycles. The highest BCUT2D eigenvalue weighted by molar-refractivity contribution is 7.99. The van der Waals surface area contributed by atoms with Gasteiger partial charge in [0.05, 0.1) is 5.88 Å². The average Bonchev–Trinajstić information content (AvgIpc) is 2.89. The Morgan fingerprint density at radius 1 is 1.47 bits per heavy atom. The number of amides is 2. The maximum Gasteiger partial charge on any atom is 0.327 e. The van der Waals surface area contributed by atoms with Gasteiger partial charge in [0.2, 0.25) is 0 Å². The van der Waals surface area contributed by atoms with Gasteiger partial charge in [-0.05, 0) is 32.1 Å². The minimum atomic E-state index is -0.921. The van der Waals surface area contributed by atoms with Gasteiger partial charge in [-0.15, -0.1) is 11.8 Å². The average molecular weight is 284 g/mol. The van der Waals surface area contributed by atoms with Crippen LogP contribution in [0.3, 0.4) is 0 Å². The molecule has 2 aliphatic rings. The van der Waals surface area contributed by atoms with Gasteiger partial charge in [0, 0.05) is 12.3 Å². The van der Waals surface area contributed by atoms with Crippen LogP contribution in [0.1, 0.15) is 32.1 Å². The van der Waals surface area contributed by atoms with Crippen molar-refractivity contribution in [2.45, 2.75) is 38.1 Å². The number of hydrogen-bond donors (Lipinski definition) is 2. The number of nitrogens with zero attached hydrogens (tertiary/aromatic N) is 1. The second-order valence-electron chi connectivity index (χ2n) is 4.91. The Bertz CT molecular complexity index is 384. The number of carbonyl (C=O) groups excluding carboxylic acids is 1. The smallest absolute Gasteiger partial charge is 0.327 e. The molecule has 106 valence electrons. The number of nitrogens with one attached hydrogen (secondary N) is 1. The van der Waals surface area contributed by atoms with Crippen molar-refractivity contribution in [2.75, 3.05) is 18.2 Å². The lowest BCUT2D eigenvalue weighted by Crippen LogP contribution is -2.47. The summed E-state index contributed by atoms with van der Waals surface area (Å²) in [4.78, 5) is 24.3. The molecule has 2 N–H and O–H groups in total. The molecule has 1 aliphatic heterocycles. The van der Waals surface area contributed by atoms with Crippen molar-refractivity contribution in [3.63, 3.8) is 0 Å². The van der Waals surface area contributed by atoms with Crippen molar-refractivity contribution in [1.29, 1.82) is 0 Å². The quantitative estimate of drug-likeness (QED) is 0.775. The molecule has 6 heteroatoms. The molecule has 19 heavy (non-hydrogen) atoms. The first kappa shape index (κ1) is 14.2. The van der Waals surface area contributed by atoms with Crippen LogP contribution in [0.15, 0.2) is 11.6 Å². The maximum absolute atomic E-state index is 11.9. The molecular weight excluding hydrogens is 264 g/mol. The van der Waals surface area contributed by atoms with Crippen molar-refractivity contribution in [3.8, 4) is 0 Å². The second-order valence-corrected chi connectivity index (χ2v) is 5.91. The van der Waals surface area contributed by atoms with Crippen LogP contribution in [0.5, 0.6) is 0 Å². The Balaban J connectivity index is 1.74. The van der Waals surface area contributed by atoms with Gasteiger partial charge in [0.1, 0.15) is 6.04 Å². The largest absolute Gasteiger partial charge is 0.480 e. The Morgan fingerprint density at radius 2 is 2.32 bits per heavy atom. The van der Waals surface area contributed by atoms with Crippen molar-refractivity contribution >= 4 is 23.8 Å². The van der Waals surface area contributed by atoms with Crippen molar-refractivity contribution in [2.24, 2.45) is 0 Å². The van der Waals surface area contributed by atoms with Crippen LogP contribution in [-0.4, -0.2) is 46.2 Å². The van der Waals surface area contributed by atoms with Crippen LogP contribution in [0, 0.1) is 0 Å². The molecule has 0 spiro atoms. The fourth-order valence-corrected chi connectivity index (χ4v) is 3.56. The molecule has 0 unspecified atom stereocenters. The number of carboxylic acid groups (broad SMARTS) is 1. The molecule has 1 atom stereocenters. The molecule has 0 aromatic carbocycles. The predicted octanol–water partition coefficient (Wildman–Crippen LogP) is 2.05. The Morgan fingerprint density at radius 3 is 3.00 bits per heavy atom. The summed E-state index contributed by atoms with van der Waals surface area (Å²) >= 11 is 1.48. The molecule has 1 saturated heterocycles. The van der Waals surface area contributed by atoms with Crippen molar-refractivity contribution < 1.29 is 14.7 Å². The Kier molecular flexibility index (Phi) is 5.13. The zero-order chi connectivity index (χ0) is 13.7. The van der Waals surface area contributed by atoms with Crippen LogP contribution in [0.25, 0.3) is 0 Å². The first-order valence-electron chi connectivity index (χ1n) is 6.71. The lowest BCUT2D eigenvalue weighted by atomic mass is 9.97. The first-order valence-corrected chi connectivity index (χ1v) is 7.87. The summed E-state index contributed by atoms with van der Waals surface area (Å²) in [6.07, 6.45) is 7.93. The standard InChI is InChI=1S/C13H20N2O3S/c16-12(17)11-8-19-9-15(11)13(18)14-7-6-10-4-2-1-3-5-10/h4,11H,1-3,5-9H2,(H,14,18)(H,16,17)/t11-/m0/s1. The van der Waals surface area contributed by atoms with E-state index in [4.69, 9.17) is 5.11 Å². The third kappa shape index (κ3) is 3.89. The molecule has 0 radical (unpaired) electrons. The van der Waals surface area contributed by atoms with Gasteiger partial charge in [-0.25, -0.2) is 9.59 Å². The molecule has 5 nitrogen and oxygen atoms in total. The highest BCUT2D eigenvalue weighted by Crippen LogP contribution is 2.21. The van der Waals surface area contributed by atoms with E-state index >= 15 is 0 Å². The Hall–Kier alpha value is -1.17. The molecule has 2 rings (SSSR count). The minimum absolute atomic E-state index is 0.256. The summed E-state index contributed by atoms with van der Waals surface area (Å²) in [6, 6.07) is -0.937. The van der Waals surface area contributed by atoms with Crippen LogP contribution in [0.4, 0.5) is 4.79 Å². The lowest BCUT2D eigenvalue weighted by molar-refractivity contribution is -0.140. The van der Waals surface area contributed by atoms with Crippen LogP contribution in [-0.2, 0) is 4.79 Å². The molecule has 0 aromatic rings. The van der Waals surface area contributed by atoms with E-state index in [-0.39, 0.29) is 6.03 Å². The van der Waals surface area contributed by atoms with Gasteiger partial charge in [-0.1, -0.05) is 11.6 Å². The second kappa shape index (κ2) is 6.84. The molecule has 0 aromatic heterocycles. The number of hydrogen-bond acceptors (Lipinski definition) is 3. The van der Waals surface area contributed by atoms with Crippen LogP contribution >= 0.6 is 11.8 Å². The fraction of sp³-hybridized carbons (Fsp3) is 0.692. The zero-order valence-electron chi connectivity index (χ0n) is 10.9. The monoisotopic (exact) mass is 284 g/mol. The summed E-state index contributed by atoms with van der Waals surface area (Å²) in [5, 5.41) is 11.8. The lowest BCUT2D eigenvalue weighted by Gasteiger charge is -2.21. The third-order valence-electron chi connectivity index (χ3n) is 3.54. The number of carbonyl (C=O) groups is 2. The van der Waals surface area contributed by atoms with E-state index in [0.717, 1.165) is 19.3 Å². The van der Waals surface area contributed by atoms with Crippen LogP contribution < -0.4 is 5.32 Å². The summed E-state index contributed by atoms with van der Waals surface area (Å²) in [5.74, 6) is 0.0227. The fourth-order valence-electron chi connectivity index (χ4n) is 2.41. The van der Waals surface area contributed by atoms with Crippen molar-refractivity contribution in [1.82, 2.24) is 10.2 Å². The van der Waals surface area contributed by atoms with E-state index in [1.807, 2.05) is 0 Å². The summed E-state index contributed by atoms with van der Waals surface area (Å²) in [7, 11) is 0. The molecule has 1 fully saturated rings. The zero-order valence-corrected chi connectivity index (χ0v) is 11.7. The van der Waals surface area contributed by atoms with E-state index in [1.165, 1.54) is 35.1 Å². The topological polar surface area (TPSA) is 69.6 Å². The van der Waals surface area contributed by atoms with E-state index < -0.39 is 12.0 Å². The van der Waals surface area contributed by atoms with Gasteiger partial charge in [0.25, 0.3) is 0 Å². The van der Waals surface area contributed by atoms with Gasteiger partial charge >= 0.3 is 12.0 Å². The van der Waals surface area contributed by atoms with Gasteiger partial charge in [0.15, 0.2) is 0 Å². The van der Waals surface area contributed by atoms with Gasteiger partial charge < -0.3 is 15.3 Å². The summed E-state index contributed by atoms with van der Waals surface area (Å²) in [6.45, 7) is 0.595. The Labute approximate surface area is 117 Å². The maximum atomic E-state index is 11.9. The highest BCUT2D eigenvalue weighted by Gasteiger charge is 2.34. The number of thioether (sulfide) groups is 1. The molecule has 1 aliphatic carbocycles. The summed E-state index contributed by atoms with van der Waals surface area (Å²) in [5.41, 5.74) is 1.41. The van der Waals surface area contributed by atoms with E-state index in [1.54, 1.807) is 0 Å². The predicted molar refractivity (Wildman–Crippen MR) is 75.2 cm³/mol. The third-order valence-corrected chi connectivity index (χ3v) is 4.55. The van der Waals surface area contributed by atoms with E-state index in [2.05, 4.69) is 11.4 Å². The number of rotatable bonds is 4. The molecule has 2 amide bonds. The van der Waals surface area contributed by atoms with Crippen LogP contribution in [0.2, 0.25) is 0 Å². The number of carboxylic acids is 1. The van der Waals surface area contributed by atoms with Gasteiger partial charge in [-0.3, -0.25) is 0 Å². The molecular formula is C13H20N2O3S. The number of urea groups is 1. The molecule has 0 saturated carbocycles. The SMILES string of the molecule is O=C(O)[C@@H]1CSCN1C(=O)NCCC1=CCCCC1. The van der Waals surface area contributed by atoms with E-state index in [9.17, 15) is 9.59 Å². The van der Waals surface area contributed by atoms with Gasteiger partial charge in [-0.2, -0.15) is 0 Å². The first-order chi connectivity index (χ1) is 9.18. The normalized spacial score (nSPS) is 23.1. The minimum Gasteiger partial charge on any atom is -0.480 e. The van der Waals surface area contributed by atoms with Crippen molar-refractivity contribution in [3.05, 3.63) is 11.6 Å². The number of allylic oxidation sites excluding steroid dienone is 1.